The number of hydrogen-bond acceptors (Lipinski definition) is 6. The molecular formula is C18H19N3O2S2. The number of benzene rings is 1. The van der Waals surface area contributed by atoms with Crippen molar-refractivity contribution in [1.29, 1.82) is 0 Å². The summed E-state index contributed by atoms with van der Waals surface area (Å²) in [5, 5.41) is 5.98. The molecule has 5 nitrogen and oxygen atoms in total. The van der Waals surface area contributed by atoms with E-state index in [2.05, 4.69) is 17.1 Å². The zero-order valence-corrected chi connectivity index (χ0v) is 15.8. The third-order valence-electron chi connectivity index (χ3n) is 3.62. The third-order valence-corrected chi connectivity index (χ3v) is 5.44. The van der Waals surface area contributed by atoms with E-state index in [9.17, 15) is 4.79 Å². The first-order valence-corrected chi connectivity index (χ1v) is 9.97. The molecule has 1 aromatic carbocycles. The molecule has 3 aromatic rings. The van der Waals surface area contributed by atoms with E-state index in [0.29, 0.717) is 30.4 Å². The van der Waals surface area contributed by atoms with Gasteiger partial charge in [0, 0.05) is 11.4 Å². The fourth-order valence-electron chi connectivity index (χ4n) is 2.41. The molecule has 0 radical (unpaired) electrons. The summed E-state index contributed by atoms with van der Waals surface area (Å²) in [6.45, 7) is 4.90. The van der Waals surface area contributed by atoms with Gasteiger partial charge >= 0.3 is 0 Å². The molecule has 130 valence electrons. The predicted molar refractivity (Wildman–Crippen MR) is 101 cm³/mol. The Kier molecular flexibility index (Phi) is 5.88. The van der Waals surface area contributed by atoms with Crippen LogP contribution in [0.1, 0.15) is 30.1 Å². The standard InChI is InChI=1S/C18H19N3O2S2/c1-3-21(18(22)13-8-5-6-9-14(13)24-4-2)12-16-19-17(20-23-16)15-10-7-11-25-15/h5-11H,3-4,12H2,1-2H3. The molecule has 2 heterocycles. The minimum absolute atomic E-state index is 0.0186. The van der Waals surface area contributed by atoms with Crippen molar-refractivity contribution in [3.8, 4) is 10.7 Å². The number of rotatable bonds is 7. The summed E-state index contributed by atoms with van der Waals surface area (Å²) < 4.78 is 5.33. The topological polar surface area (TPSA) is 59.2 Å². The van der Waals surface area contributed by atoms with Gasteiger partial charge in [-0.25, -0.2) is 0 Å². The molecule has 0 unspecified atom stereocenters. The quantitative estimate of drug-likeness (QED) is 0.568. The molecule has 3 rings (SSSR count). The summed E-state index contributed by atoms with van der Waals surface area (Å²) in [6.07, 6.45) is 0. The molecule has 25 heavy (non-hydrogen) atoms. The highest BCUT2D eigenvalue weighted by Gasteiger charge is 2.20. The molecule has 0 aliphatic heterocycles. The molecule has 0 aliphatic rings. The van der Waals surface area contributed by atoms with Gasteiger partial charge in [-0.3, -0.25) is 4.79 Å². The normalized spacial score (nSPS) is 10.8. The van der Waals surface area contributed by atoms with Crippen molar-refractivity contribution in [2.45, 2.75) is 25.3 Å². The Hall–Kier alpha value is -2.12. The van der Waals surface area contributed by atoms with Gasteiger partial charge in [0.2, 0.25) is 11.7 Å². The Labute approximate surface area is 155 Å². The van der Waals surface area contributed by atoms with Crippen molar-refractivity contribution in [1.82, 2.24) is 15.0 Å². The first-order valence-electron chi connectivity index (χ1n) is 8.10. The molecule has 0 atom stereocenters. The predicted octanol–water partition coefficient (Wildman–Crippen LogP) is 4.57. The number of carbonyl (C=O) groups is 1. The van der Waals surface area contributed by atoms with Crippen LogP contribution in [0, 0.1) is 0 Å². The maximum atomic E-state index is 12.9. The Morgan fingerprint density at radius 3 is 2.80 bits per heavy atom. The highest BCUT2D eigenvalue weighted by Crippen LogP contribution is 2.25. The van der Waals surface area contributed by atoms with E-state index >= 15 is 0 Å². The third kappa shape index (κ3) is 4.11. The van der Waals surface area contributed by atoms with E-state index in [1.54, 1.807) is 28.0 Å². The maximum absolute atomic E-state index is 12.9. The number of aromatic nitrogens is 2. The lowest BCUT2D eigenvalue weighted by molar-refractivity contribution is 0.0731. The Bertz CT molecular complexity index is 830. The number of thiophene rings is 1. The molecular weight excluding hydrogens is 354 g/mol. The van der Waals surface area contributed by atoms with Crippen LogP contribution in [0.3, 0.4) is 0 Å². The first kappa shape index (κ1) is 17.7. The fraction of sp³-hybridized carbons (Fsp3) is 0.278. The van der Waals surface area contributed by atoms with Crippen LogP contribution in [0.25, 0.3) is 10.7 Å². The van der Waals surface area contributed by atoms with E-state index in [4.69, 9.17) is 4.52 Å². The van der Waals surface area contributed by atoms with Crippen LogP contribution in [-0.2, 0) is 6.54 Å². The molecule has 0 spiro atoms. The highest BCUT2D eigenvalue weighted by atomic mass is 32.2. The monoisotopic (exact) mass is 373 g/mol. The lowest BCUT2D eigenvalue weighted by Gasteiger charge is -2.20. The zero-order chi connectivity index (χ0) is 17.6. The van der Waals surface area contributed by atoms with Gasteiger partial charge in [0.05, 0.1) is 10.4 Å². The van der Waals surface area contributed by atoms with Crippen LogP contribution in [0.5, 0.6) is 0 Å². The van der Waals surface area contributed by atoms with E-state index in [1.807, 2.05) is 48.7 Å². The van der Waals surface area contributed by atoms with Crippen molar-refractivity contribution < 1.29 is 9.32 Å². The molecule has 2 aromatic heterocycles. The summed E-state index contributed by atoms with van der Waals surface area (Å²) in [5.74, 6) is 1.91. The number of carbonyl (C=O) groups excluding carboxylic acids is 1. The van der Waals surface area contributed by atoms with Gasteiger partial charge in [-0.05, 0) is 36.3 Å². The van der Waals surface area contributed by atoms with Crippen molar-refractivity contribution in [3.63, 3.8) is 0 Å². The molecule has 0 aliphatic carbocycles. The second-order valence-corrected chi connectivity index (χ2v) is 7.49. The van der Waals surface area contributed by atoms with Crippen LogP contribution in [-0.4, -0.2) is 33.2 Å². The minimum atomic E-state index is -0.0186. The molecule has 0 saturated carbocycles. The lowest BCUT2D eigenvalue weighted by Crippen LogP contribution is -2.30. The van der Waals surface area contributed by atoms with Gasteiger partial charge in [-0.1, -0.05) is 30.3 Å². The molecule has 1 amide bonds. The second-order valence-electron chi connectivity index (χ2n) is 5.24. The summed E-state index contributed by atoms with van der Waals surface area (Å²) >= 11 is 3.23. The molecule has 7 heteroatoms. The van der Waals surface area contributed by atoms with Crippen LogP contribution in [0.4, 0.5) is 0 Å². The Morgan fingerprint density at radius 1 is 1.24 bits per heavy atom. The number of amides is 1. The average molecular weight is 374 g/mol. The van der Waals surface area contributed by atoms with Gasteiger partial charge in [-0.2, -0.15) is 4.98 Å². The van der Waals surface area contributed by atoms with Crippen LogP contribution >= 0.6 is 23.1 Å². The van der Waals surface area contributed by atoms with E-state index in [1.165, 1.54) is 0 Å². The minimum Gasteiger partial charge on any atom is -0.337 e. The van der Waals surface area contributed by atoms with Gasteiger partial charge in [-0.15, -0.1) is 23.1 Å². The van der Waals surface area contributed by atoms with Gasteiger partial charge in [0.15, 0.2) is 0 Å². The van der Waals surface area contributed by atoms with Crippen LogP contribution in [0.2, 0.25) is 0 Å². The first-order chi connectivity index (χ1) is 12.2. The number of thioether (sulfide) groups is 1. The van der Waals surface area contributed by atoms with Crippen molar-refractivity contribution in [2.75, 3.05) is 12.3 Å². The number of hydrogen-bond donors (Lipinski definition) is 0. The van der Waals surface area contributed by atoms with E-state index in [-0.39, 0.29) is 5.91 Å². The van der Waals surface area contributed by atoms with Crippen LogP contribution in [0.15, 0.2) is 51.2 Å². The van der Waals surface area contributed by atoms with E-state index in [0.717, 1.165) is 15.5 Å². The smallest absolute Gasteiger partial charge is 0.255 e. The summed E-state index contributed by atoms with van der Waals surface area (Å²) in [7, 11) is 0. The summed E-state index contributed by atoms with van der Waals surface area (Å²) in [5.41, 5.74) is 0.717. The molecule has 0 saturated heterocycles. The van der Waals surface area contributed by atoms with E-state index < -0.39 is 0 Å². The van der Waals surface area contributed by atoms with Gasteiger partial charge < -0.3 is 9.42 Å². The Morgan fingerprint density at radius 2 is 2.08 bits per heavy atom. The summed E-state index contributed by atoms with van der Waals surface area (Å²) in [6, 6.07) is 11.6. The van der Waals surface area contributed by atoms with Gasteiger partial charge in [0.25, 0.3) is 5.91 Å². The number of nitrogens with zero attached hydrogens (tertiary/aromatic N) is 3. The Balaban J connectivity index is 1.78. The zero-order valence-electron chi connectivity index (χ0n) is 14.1. The molecule has 0 fully saturated rings. The van der Waals surface area contributed by atoms with Crippen LogP contribution < -0.4 is 0 Å². The van der Waals surface area contributed by atoms with Gasteiger partial charge in [0.1, 0.15) is 6.54 Å². The SMILES string of the molecule is CCSc1ccccc1C(=O)N(CC)Cc1nc(-c2cccs2)no1. The second kappa shape index (κ2) is 8.31. The lowest BCUT2D eigenvalue weighted by atomic mass is 10.2. The van der Waals surface area contributed by atoms with Crippen molar-refractivity contribution in [2.24, 2.45) is 0 Å². The largest absolute Gasteiger partial charge is 0.337 e. The molecule has 0 N–H and O–H groups in total. The van der Waals surface area contributed by atoms with Crippen molar-refractivity contribution in [3.05, 3.63) is 53.2 Å². The van der Waals surface area contributed by atoms with Crippen molar-refractivity contribution >= 4 is 29.0 Å². The summed E-state index contributed by atoms with van der Waals surface area (Å²) in [4.78, 5) is 21.0. The highest BCUT2D eigenvalue weighted by molar-refractivity contribution is 7.99. The average Bonchev–Trinajstić information content (AvgIpc) is 3.31. The fourth-order valence-corrected chi connectivity index (χ4v) is 3.86. The maximum Gasteiger partial charge on any atom is 0.255 e. The molecule has 0 bridgehead atoms.